The third-order valence-corrected chi connectivity index (χ3v) is 8.23. The lowest BCUT2D eigenvalue weighted by Gasteiger charge is -2.57. The van der Waals surface area contributed by atoms with Gasteiger partial charge in [0.15, 0.2) is 23.9 Å². The maximum absolute atomic E-state index is 11.5. The number of hydrogen-bond acceptors (Lipinski definition) is 9. The van der Waals surface area contributed by atoms with Crippen LogP contribution in [0.3, 0.4) is 0 Å². The van der Waals surface area contributed by atoms with Crippen molar-refractivity contribution in [3.8, 4) is 11.5 Å². The number of piperidine rings is 1. The van der Waals surface area contributed by atoms with Crippen LogP contribution in [0.25, 0.3) is 0 Å². The van der Waals surface area contributed by atoms with E-state index < -0.39 is 54.3 Å². The minimum absolute atomic E-state index is 0. The highest BCUT2D eigenvalue weighted by Crippen LogP contribution is 2.62. The Labute approximate surface area is 201 Å². The van der Waals surface area contributed by atoms with Gasteiger partial charge in [0.2, 0.25) is 0 Å². The number of carboxylic acids is 1. The normalized spacial score (nSPS) is 44.1. The Morgan fingerprint density at radius 2 is 1.94 bits per heavy atom. The van der Waals surface area contributed by atoms with Gasteiger partial charge in [0.1, 0.15) is 30.5 Å². The highest BCUT2D eigenvalue weighted by molar-refractivity contribution is 5.85. The van der Waals surface area contributed by atoms with E-state index in [1.54, 1.807) is 6.07 Å². The Bertz CT molecular complexity index is 1040. The third-order valence-electron chi connectivity index (χ3n) is 8.23. The van der Waals surface area contributed by atoms with E-state index in [1.165, 1.54) is 0 Å². The molecule has 2 bridgehead atoms. The SMILES string of the molecule is CN1CC[C@]23c4c5ccc(O)c4O[C@H]2[C@@H](OC2O[C@H](C(=O)O)[C@@H](O)[C@H](O)[C@H]2O)C=C[C@H]3[C@H]1C5.Cl. The van der Waals surface area contributed by atoms with Gasteiger partial charge in [-0.3, -0.25) is 0 Å². The Kier molecular flexibility index (Phi) is 5.64. The number of likely N-dealkylation sites (tertiary alicyclic amines) is 1. The summed E-state index contributed by atoms with van der Waals surface area (Å²) in [7, 11) is 2.11. The lowest BCUT2D eigenvalue weighted by Crippen LogP contribution is -2.66. The summed E-state index contributed by atoms with van der Waals surface area (Å²) in [5, 5.41) is 50.5. The first kappa shape index (κ1) is 23.8. The zero-order valence-corrected chi connectivity index (χ0v) is 19.2. The number of aliphatic carboxylic acids is 1. The maximum atomic E-state index is 11.5. The fourth-order valence-electron chi connectivity index (χ4n) is 6.66. The molecule has 1 aromatic carbocycles. The van der Waals surface area contributed by atoms with Crippen LogP contribution in [-0.4, -0.2) is 98.9 Å². The molecule has 0 aromatic heterocycles. The van der Waals surface area contributed by atoms with E-state index in [0.29, 0.717) is 5.75 Å². The Hall–Kier alpha value is -1.92. The molecule has 2 saturated heterocycles. The predicted octanol–water partition coefficient (Wildman–Crippen LogP) is -0.464. The van der Waals surface area contributed by atoms with Crippen LogP contribution in [0.15, 0.2) is 24.3 Å². The molecule has 10 nitrogen and oxygen atoms in total. The van der Waals surface area contributed by atoms with Gasteiger partial charge in [0, 0.05) is 22.9 Å². The second-order valence-electron chi connectivity index (χ2n) is 9.78. The first-order valence-electron chi connectivity index (χ1n) is 11.2. The molecule has 10 atom stereocenters. The van der Waals surface area contributed by atoms with E-state index in [0.717, 1.165) is 30.5 Å². The van der Waals surface area contributed by atoms with Crippen molar-refractivity contribution in [2.45, 2.75) is 67.2 Å². The molecular formula is C23H28ClNO9. The van der Waals surface area contributed by atoms with Gasteiger partial charge >= 0.3 is 5.97 Å². The highest BCUT2D eigenvalue weighted by atomic mass is 35.5. The summed E-state index contributed by atoms with van der Waals surface area (Å²) in [5.41, 5.74) is 1.69. The smallest absolute Gasteiger partial charge is 0.335 e. The van der Waals surface area contributed by atoms with Crippen molar-refractivity contribution in [1.82, 2.24) is 4.90 Å². The first-order valence-corrected chi connectivity index (χ1v) is 11.2. The average molecular weight is 498 g/mol. The molecule has 6 rings (SSSR count). The van der Waals surface area contributed by atoms with Gasteiger partial charge in [-0.25, -0.2) is 4.79 Å². The topological polar surface area (TPSA) is 149 Å². The number of aliphatic hydroxyl groups excluding tert-OH is 3. The second kappa shape index (κ2) is 8.06. The van der Waals surface area contributed by atoms with E-state index in [4.69, 9.17) is 14.2 Å². The largest absolute Gasteiger partial charge is 0.504 e. The molecule has 0 amide bonds. The Balaban J connectivity index is 0.00000241. The molecule has 2 fully saturated rings. The molecule has 0 saturated carbocycles. The number of rotatable bonds is 3. The zero-order valence-electron chi connectivity index (χ0n) is 18.4. The second-order valence-corrected chi connectivity index (χ2v) is 9.78. The summed E-state index contributed by atoms with van der Waals surface area (Å²) in [6, 6.07) is 3.85. The Morgan fingerprint density at radius 3 is 2.68 bits per heavy atom. The van der Waals surface area contributed by atoms with Crippen LogP contribution < -0.4 is 4.74 Å². The minimum atomic E-state index is -1.79. The first-order chi connectivity index (χ1) is 15.7. The van der Waals surface area contributed by atoms with Crippen molar-refractivity contribution in [2.75, 3.05) is 13.6 Å². The summed E-state index contributed by atoms with van der Waals surface area (Å²) in [5.74, 6) is -0.824. The van der Waals surface area contributed by atoms with Gasteiger partial charge in [-0.05, 0) is 38.1 Å². The molecule has 3 heterocycles. The number of aliphatic hydroxyl groups is 3. The van der Waals surface area contributed by atoms with E-state index in [9.17, 15) is 30.3 Å². The van der Waals surface area contributed by atoms with Crippen molar-refractivity contribution in [3.63, 3.8) is 0 Å². The van der Waals surface area contributed by atoms with E-state index >= 15 is 0 Å². The van der Waals surface area contributed by atoms with Crippen molar-refractivity contribution < 1.29 is 44.5 Å². The molecular weight excluding hydrogens is 470 g/mol. The number of hydrogen-bond donors (Lipinski definition) is 5. The van der Waals surface area contributed by atoms with Crippen molar-refractivity contribution >= 4 is 18.4 Å². The standard InChI is InChI=1S/C23H27NO9.ClH/c1-24-7-6-23-10-3-5-13(31-22-17(28)15(26)16(27)19(33-22)21(29)30)20(23)32-18-12(25)4-2-9(14(18)23)8-11(10)24;/h2-5,10-11,13,15-17,19-20,22,25-28H,6-8H2,1H3,(H,29,30);1H/t10-,11+,13-,15-,16-,17+,19-,20-,22?,23-;/m0./s1. The molecule has 1 spiro atoms. The molecule has 5 N–H and O–H groups in total. The van der Waals surface area contributed by atoms with Crippen LogP contribution >= 0.6 is 12.4 Å². The lowest BCUT2D eigenvalue weighted by atomic mass is 9.53. The number of halogens is 1. The number of phenolic OH excluding ortho intramolecular Hbond substituents is 1. The van der Waals surface area contributed by atoms with Crippen LogP contribution in [0.1, 0.15) is 17.5 Å². The molecule has 2 aliphatic carbocycles. The van der Waals surface area contributed by atoms with Gasteiger partial charge in [-0.2, -0.15) is 0 Å². The fourth-order valence-corrected chi connectivity index (χ4v) is 6.66. The number of ether oxygens (including phenoxy) is 3. The van der Waals surface area contributed by atoms with E-state index in [1.807, 2.05) is 12.1 Å². The van der Waals surface area contributed by atoms with Crippen molar-refractivity contribution in [2.24, 2.45) is 5.92 Å². The monoisotopic (exact) mass is 497 g/mol. The molecule has 186 valence electrons. The minimum Gasteiger partial charge on any atom is -0.504 e. The van der Waals surface area contributed by atoms with Gasteiger partial charge in [-0.1, -0.05) is 18.2 Å². The summed E-state index contributed by atoms with van der Waals surface area (Å²) < 4.78 is 17.7. The molecule has 34 heavy (non-hydrogen) atoms. The van der Waals surface area contributed by atoms with Crippen LogP contribution in [-0.2, 0) is 26.1 Å². The number of carbonyl (C=O) groups is 1. The Morgan fingerprint density at radius 1 is 1.18 bits per heavy atom. The number of nitrogens with zero attached hydrogens (tertiary/aromatic N) is 1. The van der Waals surface area contributed by atoms with Gasteiger partial charge in [-0.15, -0.1) is 12.4 Å². The number of carboxylic acid groups (broad SMARTS) is 1. The maximum Gasteiger partial charge on any atom is 0.335 e. The number of aromatic hydroxyl groups is 1. The van der Waals surface area contributed by atoms with Crippen LogP contribution in [0.2, 0.25) is 0 Å². The molecule has 3 aliphatic heterocycles. The third kappa shape index (κ3) is 3.00. The van der Waals surface area contributed by atoms with Crippen molar-refractivity contribution in [3.05, 3.63) is 35.4 Å². The van der Waals surface area contributed by atoms with E-state index in [-0.39, 0.29) is 30.1 Å². The average Bonchev–Trinajstić information content (AvgIpc) is 3.14. The highest BCUT2D eigenvalue weighted by Gasteiger charge is 2.65. The molecule has 5 aliphatic rings. The number of phenols is 1. The summed E-state index contributed by atoms with van der Waals surface area (Å²) in [6.07, 6.45) is -4.16. The lowest BCUT2D eigenvalue weighted by molar-refractivity contribution is -0.307. The quantitative estimate of drug-likeness (QED) is 0.347. The summed E-state index contributed by atoms with van der Waals surface area (Å²) in [4.78, 5) is 13.8. The number of likely N-dealkylation sites (N-methyl/N-ethyl adjacent to an activating group) is 1. The van der Waals surface area contributed by atoms with Gasteiger partial charge in [0.25, 0.3) is 0 Å². The zero-order chi connectivity index (χ0) is 23.2. The van der Waals surface area contributed by atoms with E-state index in [2.05, 4.69) is 18.0 Å². The van der Waals surface area contributed by atoms with Crippen LogP contribution in [0.5, 0.6) is 11.5 Å². The molecule has 0 radical (unpaired) electrons. The molecule has 11 heteroatoms. The summed E-state index contributed by atoms with van der Waals surface area (Å²) in [6.45, 7) is 0.838. The van der Waals surface area contributed by atoms with Crippen LogP contribution in [0, 0.1) is 5.92 Å². The predicted molar refractivity (Wildman–Crippen MR) is 118 cm³/mol. The summed E-state index contributed by atoms with van der Waals surface area (Å²) >= 11 is 0. The van der Waals surface area contributed by atoms with Crippen molar-refractivity contribution in [1.29, 1.82) is 0 Å². The van der Waals surface area contributed by atoms with Gasteiger partial charge < -0.3 is 44.6 Å². The molecule has 1 aromatic rings. The number of benzene rings is 1. The fraction of sp³-hybridized carbons (Fsp3) is 0.609. The van der Waals surface area contributed by atoms with Crippen LogP contribution in [0.4, 0.5) is 0 Å². The molecule has 1 unspecified atom stereocenters. The van der Waals surface area contributed by atoms with Gasteiger partial charge in [0.05, 0.1) is 0 Å².